The van der Waals surface area contributed by atoms with E-state index in [0.717, 1.165) is 17.7 Å². The average molecular weight is 354 g/mol. The van der Waals surface area contributed by atoms with Crippen LogP contribution in [0.1, 0.15) is 21.7 Å². The summed E-state index contributed by atoms with van der Waals surface area (Å²) in [5.74, 6) is -2.07. The molecule has 0 aliphatic rings. The summed E-state index contributed by atoms with van der Waals surface area (Å²) in [6.07, 6.45) is 0. The van der Waals surface area contributed by atoms with Crippen molar-refractivity contribution in [2.45, 2.75) is 13.8 Å². The SMILES string of the molecule is Cc1ccc(NC(=O)c2cc(C)nc(Nc3c(F)cccc3F)n2)cc1. The van der Waals surface area contributed by atoms with Gasteiger partial charge in [-0.15, -0.1) is 0 Å². The van der Waals surface area contributed by atoms with Gasteiger partial charge in [-0.05, 0) is 44.2 Å². The van der Waals surface area contributed by atoms with E-state index in [4.69, 9.17) is 0 Å². The van der Waals surface area contributed by atoms with Crippen LogP contribution in [-0.2, 0) is 0 Å². The molecule has 0 unspecified atom stereocenters. The Hall–Kier alpha value is -3.35. The van der Waals surface area contributed by atoms with Crippen LogP contribution < -0.4 is 10.6 Å². The molecule has 1 aromatic heterocycles. The van der Waals surface area contributed by atoms with E-state index in [9.17, 15) is 13.6 Å². The number of benzene rings is 2. The first-order valence-electron chi connectivity index (χ1n) is 7.87. The Morgan fingerprint density at radius 2 is 1.62 bits per heavy atom. The van der Waals surface area contributed by atoms with E-state index < -0.39 is 17.5 Å². The number of hydrogen-bond acceptors (Lipinski definition) is 4. The van der Waals surface area contributed by atoms with E-state index >= 15 is 0 Å². The summed E-state index contributed by atoms with van der Waals surface area (Å²) in [5, 5.41) is 5.22. The Bertz CT molecular complexity index is 938. The van der Waals surface area contributed by atoms with Gasteiger partial charge in [0.2, 0.25) is 5.95 Å². The third kappa shape index (κ3) is 4.00. The molecule has 7 heteroatoms. The van der Waals surface area contributed by atoms with Gasteiger partial charge in [-0.3, -0.25) is 4.79 Å². The summed E-state index contributed by atoms with van der Waals surface area (Å²) in [6, 6.07) is 12.3. The second-order valence-corrected chi connectivity index (χ2v) is 5.76. The first-order chi connectivity index (χ1) is 12.4. The molecule has 2 aromatic carbocycles. The number of amides is 1. The van der Waals surface area contributed by atoms with Crippen LogP contribution in [0.25, 0.3) is 0 Å². The summed E-state index contributed by atoms with van der Waals surface area (Å²) in [7, 11) is 0. The lowest BCUT2D eigenvalue weighted by molar-refractivity contribution is 0.102. The summed E-state index contributed by atoms with van der Waals surface area (Å²) >= 11 is 0. The van der Waals surface area contributed by atoms with Crippen LogP contribution in [0.4, 0.5) is 26.1 Å². The third-order valence-corrected chi connectivity index (χ3v) is 3.60. The number of halogens is 2. The number of aryl methyl sites for hydroxylation is 2. The van der Waals surface area contributed by atoms with Gasteiger partial charge in [0.05, 0.1) is 0 Å². The van der Waals surface area contributed by atoms with Crippen LogP contribution in [0.2, 0.25) is 0 Å². The first kappa shape index (κ1) is 17.5. The summed E-state index contributed by atoms with van der Waals surface area (Å²) < 4.78 is 27.6. The van der Waals surface area contributed by atoms with Gasteiger partial charge in [-0.2, -0.15) is 0 Å². The van der Waals surface area contributed by atoms with Crippen LogP contribution in [0.5, 0.6) is 0 Å². The zero-order chi connectivity index (χ0) is 18.7. The van der Waals surface area contributed by atoms with Crippen molar-refractivity contribution in [3.05, 3.63) is 77.1 Å². The van der Waals surface area contributed by atoms with Crippen molar-refractivity contribution in [2.75, 3.05) is 10.6 Å². The quantitative estimate of drug-likeness (QED) is 0.730. The number of para-hydroxylation sites is 1. The molecule has 3 aromatic rings. The molecule has 5 nitrogen and oxygen atoms in total. The highest BCUT2D eigenvalue weighted by atomic mass is 19.1. The number of nitrogens with zero attached hydrogens (tertiary/aromatic N) is 2. The smallest absolute Gasteiger partial charge is 0.274 e. The molecule has 0 spiro atoms. The predicted molar refractivity (Wildman–Crippen MR) is 95.5 cm³/mol. The molecule has 0 saturated carbocycles. The van der Waals surface area contributed by atoms with E-state index in [2.05, 4.69) is 20.6 Å². The van der Waals surface area contributed by atoms with E-state index in [1.807, 2.05) is 19.1 Å². The van der Waals surface area contributed by atoms with Crippen LogP contribution in [-0.4, -0.2) is 15.9 Å². The number of anilines is 3. The van der Waals surface area contributed by atoms with E-state index in [-0.39, 0.29) is 17.3 Å². The molecular weight excluding hydrogens is 338 g/mol. The van der Waals surface area contributed by atoms with Crippen molar-refractivity contribution in [3.63, 3.8) is 0 Å². The minimum Gasteiger partial charge on any atom is -0.321 e. The maximum atomic E-state index is 13.8. The number of nitrogens with one attached hydrogen (secondary N) is 2. The van der Waals surface area contributed by atoms with Crippen molar-refractivity contribution < 1.29 is 13.6 Å². The zero-order valence-electron chi connectivity index (χ0n) is 14.2. The number of hydrogen-bond donors (Lipinski definition) is 2. The molecule has 0 bridgehead atoms. The Labute approximate surface area is 149 Å². The third-order valence-electron chi connectivity index (χ3n) is 3.60. The summed E-state index contributed by atoms with van der Waals surface area (Å²) in [5.41, 5.74) is 1.87. The van der Waals surface area contributed by atoms with Gasteiger partial charge in [-0.25, -0.2) is 18.7 Å². The Morgan fingerprint density at radius 1 is 0.962 bits per heavy atom. The lowest BCUT2D eigenvalue weighted by Crippen LogP contribution is -2.15. The van der Waals surface area contributed by atoms with Gasteiger partial charge in [0, 0.05) is 11.4 Å². The van der Waals surface area contributed by atoms with Crippen molar-refractivity contribution >= 4 is 23.2 Å². The van der Waals surface area contributed by atoms with Crippen molar-refractivity contribution in [1.82, 2.24) is 9.97 Å². The maximum absolute atomic E-state index is 13.8. The normalized spacial score (nSPS) is 10.5. The fraction of sp³-hybridized carbons (Fsp3) is 0.105. The van der Waals surface area contributed by atoms with Crippen LogP contribution >= 0.6 is 0 Å². The van der Waals surface area contributed by atoms with Gasteiger partial charge in [-0.1, -0.05) is 23.8 Å². The Kier molecular flexibility index (Phi) is 4.88. The zero-order valence-corrected chi connectivity index (χ0v) is 14.2. The maximum Gasteiger partial charge on any atom is 0.274 e. The number of carbonyl (C=O) groups excluding carboxylic acids is 1. The molecule has 1 amide bonds. The molecule has 0 aliphatic carbocycles. The second kappa shape index (κ2) is 7.26. The lowest BCUT2D eigenvalue weighted by Gasteiger charge is -2.10. The minimum atomic E-state index is -0.777. The summed E-state index contributed by atoms with van der Waals surface area (Å²) in [6.45, 7) is 3.60. The number of carbonyl (C=O) groups is 1. The number of rotatable bonds is 4. The monoisotopic (exact) mass is 354 g/mol. The highest BCUT2D eigenvalue weighted by Gasteiger charge is 2.14. The molecule has 0 atom stereocenters. The van der Waals surface area contributed by atoms with E-state index in [1.54, 1.807) is 19.1 Å². The van der Waals surface area contributed by atoms with Crippen LogP contribution in [0.3, 0.4) is 0 Å². The van der Waals surface area contributed by atoms with Crippen molar-refractivity contribution in [2.24, 2.45) is 0 Å². The fourth-order valence-electron chi connectivity index (χ4n) is 2.30. The highest BCUT2D eigenvalue weighted by Crippen LogP contribution is 2.21. The molecule has 1 heterocycles. The lowest BCUT2D eigenvalue weighted by atomic mass is 10.2. The van der Waals surface area contributed by atoms with Crippen molar-refractivity contribution in [1.29, 1.82) is 0 Å². The van der Waals surface area contributed by atoms with Crippen molar-refractivity contribution in [3.8, 4) is 0 Å². The summed E-state index contributed by atoms with van der Waals surface area (Å²) in [4.78, 5) is 20.5. The molecule has 0 fully saturated rings. The number of aromatic nitrogens is 2. The van der Waals surface area contributed by atoms with Gasteiger partial charge in [0.15, 0.2) is 0 Å². The molecular formula is C19H16F2N4O. The molecule has 0 aliphatic heterocycles. The molecule has 2 N–H and O–H groups in total. The molecule has 26 heavy (non-hydrogen) atoms. The molecule has 0 radical (unpaired) electrons. The predicted octanol–water partition coefficient (Wildman–Crippen LogP) is 4.37. The topological polar surface area (TPSA) is 66.9 Å². The van der Waals surface area contributed by atoms with Gasteiger partial charge >= 0.3 is 0 Å². The second-order valence-electron chi connectivity index (χ2n) is 5.76. The van der Waals surface area contributed by atoms with Gasteiger partial charge in [0.1, 0.15) is 23.0 Å². The van der Waals surface area contributed by atoms with E-state index in [0.29, 0.717) is 11.4 Å². The standard InChI is InChI=1S/C19H16F2N4O/c1-11-6-8-13(9-7-11)23-18(26)16-10-12(2)22-19(24-16)25-17-14(20)4-3-5-15(17)21/h3-10H,1-2H3,(H,23,26)(H,22,24,25). The van der Waals surface area contributed by atoms with Gasteiger partial charge < -0.3 is 10.6 Å². The van der Waals surface area contributed by atoms with Crippen LogP contribution in [0.15, 0.2) is 48.5 Å². The van der Waals surface area contributed by atoms with Gasteiger partial charge in [0.25, 0.3) is 5.91 Å². The largest absolute Gasteiger partial charge is 0.321 e. The van der Waals surface area contributed by atoms with E-state index in [1.165, 1.54) is 12.1 Å². The molecule has 132 valence electrons. The fourth-order valence-corrected chi connectivity index (χ4v) is 2.30. The molecule has 3 rings (SSSR count). The Morgan fingerprint density at radius 3 is 2.27 bits per heavy atom. The average Bonchev–Trinajstić information content (AvgIpc) is 2.60. The highest BCUT2D eigenvalue weighted by molar-refractivity contribution is 6.03. The minimum absolute atomic E-state index is 0.0666. The molecule has 0 saturated heterocycles. The first-order valence-corrected chi connectivity index (χ1v) is 7.87. The Balaban J connectivity index is 1.85. The van der Waals surface area contributed by atoms with Crippen LogP contribution in [0, 0.1) is 25.5 Å².